The molecule has 0 bridgehead atoms. The molecule has 2 rings (SSSR count). The number of hydrogen-bond donors (Lipinski definition) is 1. The van der Waals surface area contributed by atoms with Gasteiger partial charge in [-0.2, -0.15) is 0 Å². The molecule has 0 saturated carbocycles. The molecule has 1 heterocycles. The van der Waals surface area contributed by atoms with Crippen molar-refractivity contribution in [2.75, 3.05) is 13.2 Å². The van der Waals surface area contributed by atoms with Gasteiger partial charge in [-0.15, -0.1) is 0 Å². The van der Waals surface area contributed by atoms with Crippen molar-refractivity contribution in [2.45, 2.75) is 32.4 Å². The number of nitrogens with one attached hydrogen (secondary N) is 1. The predicted molar refractivity (Wildman–Crippen MR) is 76.4 cm³/mol. The van der Waals surface area contributed by atoms with E-state index in [1.165, 1.54) is 0 Å². The highest BCUT2D eigenvalue weighted by Crippen LogP contribution is 2.30. The van der Waals surface area contributed by atoms with Crippen LogP contribution >= 0.6 is 23.2 Å². The van der Waals surface area contributed by atoms with Gasteiger partial charge in [-0.3, -0.25) is 0 Å². The summed E-state index contributed by atoms with van der Waals surface area (Å²) in [6.07, 6.45) is 1.02. The van der Waals surface area contributed by atoms with E-state index in [0.717, 1.165) is 25.1 Å². The van der Waals surface area contributed by atoms with E-state index in [4.69, 9.17) is 27.9 Å². The van der Waals surface area contributed by atoms with Crippen LogP contribution in [0.4, 0.5) is 0 Å². The molecule has 1 saturated heterocycles. The molecule has 2 unspecified atom stereocenters. The SMILES string of the molecule is CC(C)C1CCOC(c2cc(Cl)ccc2Cl)CN1. The molecule has 0 aromatic heterocycles. The van der Waals surface area contributed by atoms with Gasteiger partial charge in [0.15, 0.2) is 0 Å². The lowest BCUT2D eigenvalue weighted by Gasteiger charge is -2.20. The fourth-order valence-corrected chi connectivity index (χ4v) is 2.71. The van der Waals surface area contributed by atoms with E-state index in [9.17, 15) is 0 Å². The molecule has 1 aromatic carbocycles. The monoisotopic (exact) mass is 287 g/mol. The van der Waals surface area contributed by atoms with Crippen LogP contribution in [0, 0.1) is 5.92 Å². The van der Waals surface area contributed by atoms with E-state index in [0.29, 0.717) is 22.0 Å². The Kier molecular flexibility index (Phi) is 4.91. The fraction of sp³-hybridized carbons (Fsp3) is 0.571. The average molecular weight is 288 g/mol. The van der Waals surface area contributed by atoms with Crippen LogP contribution in [0.15, 0.2) is 18.2 Å². The van der Waals surface area contributed by atoms with Crippen LogP contribution in [0.5, 0.6) is 0 Å². The van der Waals surface area contributed by atoms with Crippen molar-refractivity contribution in [1.82, 2.24) is 5.32 Å². The largest absolute Gasteiger partial charge is 0.372 e. The highest BCUT2D eigenvalue weighted by molar-refractivity contribution is 6.33. The van der Waals surface area contributed by atoms with Crippen LogP contribution in [-0.2, 0) is 4.74 Å². The normalized spacial score (nSPS) is 25.2. The van der Waals surface area contributed by atoms with Gasteiger partial charge in [0.2, 0.25) is 0 Å². The van der Waals surface area contributed by atoms with Crippen LogP contribution < -0.4 is 5.32 Å². The molecule has 1 fully saturated rings. The van der Waals surface area contributed by atoms with Crippen molar-refractivity contribution in [3.63, 3.8) is 0 Å². The van der Waals surface area contributed by atoms with Crippen LogP contribution in [0.1, 0.15) is 31.9 Å². The third-order valence-electron chi connectivity index (χ3n) is 3.42. The topological polar surface area (TPSA) is 21.3 Å². The first-order chi connectivity index (χ1) is 8.58. The average Bonchev–Trinajstić information content (AvgIpc) is 2.58. The number of benzene rings is 1. The summed E-state index contributed by atoms with van der Waals surface area (Å²) in [5, 5.41) is 4.96. The third-order valence-corrected chi connectivity index (χ3v) is 4.00. The summed E-state index contributed by atoms with van der Waals surface area (Å²) in [5.74, 6) is 0.613. The van der Waals surface area contributed by atoms with Gasteiger partial charge in [0.05, 0.1) is 6.10 Å². The van der Waals surface area contributed by atoms with Crippen molar-refractivity contribution in [3.05, 3.63) is 33.8 Å². The van der Waals surface area contributed by atoms with Crippen molar-refractivity contribution in [3.8, 4) is 0 Å². The van der Waals surface area contributed by atoms with Gasteiger partial charge in [0, 0.05) is 34.8 Å². The van der Waals surface area contributed by atoms with Crippen molar-refractivity contribution >= 4 is 23.2 Å². The summed E-state index contributed by atoms with van der Waals surface area (Å²) in [5.41, 5.74) is 0.973. The van der Waals surface area contributed by atoms with Gasteiger partial charge in [-0.05, 0) is 30.5 Å². The molecule has 100 valence electrons. The Hall–Kier alpha value is -0.280. The lowest BCUT2D eigenvalue weighted by molar-refractivity contribution is 0.0661. The van der Waals surface area contributed by atoms with Gasteiger partial charge >= 0.3 is 0 Å². The Labute approximate surface area is 119 Å². The zero-order chi connectivity index (χ0) is 13.1. The molecule has 18 heavy (non-hydrogen) atoms. The predicted octanol–water partition coefficient (Wildman–Crippen LogP) is 4.07. The molecule has 1 aliphatic heterocycles. The number of rotatable bonds is 2. The molecule has 2 nitrogen and oxygen atoms in total. The highest BCUT2D eigenvalue weighted by atomic mass is 35.5. The fourth-order valence-electron chi connectivity index (χ4n) is 2.29. The van der Waals surface area contributed by atoms with Gasteiger partial charge < -0.3 is 10.1 Å². The summed E-state index contributed by atoms with van der Waals surface area (Å²) in [6, 6.07) is 6.03. The smallest absolute Gasteiger partial charge is 0.0964 e. The minimum Gasteiger partial charge on any atom is -0.372 e. The molecular weight excluding hydrogens is 269 g/mol. The molecule has 1 aromatic rings. The Bertz CT molecular complexity index is 409. The Morgan fingerprint density at radius 2 is 2.11 bits per heavy atom. The first kappa shape index (κ1) is 14.1. The lowest BCUT2D eigenvalue weighted by atomic mass is 10.0. The number of ether oxygens (including phenoxy) is 1. The molecule has 0 aliphatic carbocycles. The second-order valence-electron chi connectivity index (χ2n) is 5.07. The molecule has 0 spiro atoms. The second-order valence-corrected chi connectivity index (χ2v) is 5.92. The molecule has 1 aliphatic rings. The molecule has 2 atom stereocenters. The van der Waals surface area contributed by atoms with E-state index in [1.54, 1.807) is 6.07 Å². The quantitative estimate of drug-likeness (QED) is 0.885. The number of hydrogen-bond acceptors (Lipinski definition) is 2. The summed E-state index contributed by atoms with van der Waals surface area (Å²) >= 11 is 12.2. The first-order valence-corrected chi connectivity index (χ1v) is 7.13. The van der Waals surface area contributed by atoms with E-state index >= 15 is 0 Å². The molecule has 0 amide bonds. The van der Waals surface area contributed by atoms with E-state index in [2.05, 4.69) is 19.2 Å². The minimum absolute atomic E-state index is 0.0139. The molecule has 1 N–H and O–H groups in total. The zero-order valence-corrected chi connectivity index (χ0v) is 12.3. The molecule has 0 radical (unpaired) electrons. The Balaban J connectivity index is 2.12. The van der Waals surface area contributed by atoms with Crippen molar-refractivity contribution in [1.29, 1.82) is 0 Å². The van der Waals surface area contributed by atoms with Crippen LogP contribution in [0.2, 0.25) is 10.0 Å². The lowest BCUT2D eigenvalue weighted by Crippen LogP contribution is -2.34. The highest BCUT2D eigenvalue weighted by Gasteiger charge is 2.23. The zero-order valence-electron chi connectivity index (χ0n) is 10.7. The number of halogens is 2. The maximum Gasteiger partial charge on any atom is 0.0964 e. The van der Waals surface area contributed by atoms with Crippen LogP contribution in [0.25, 0.3) is 0 Å². The summed E-state index contributed by atoms with van der Waals surface area (Å²) in [7, 11) is 0. The van der Waals surface area contributed by atoms with Gasteiger partial charge in [0.25, 0.3) is 0 Å². The van der Waals surface area contributed by atoms with Crippen molar-refractivity contribution < 1.29 is 4.74 Å². The first-order valence-electron chi connectivity index (χ1n) is 6.38. The van der Waals surface area contributed by atoms with Crippen LogP contribution in [0.3, 0.4) is 0 Å². The standard InChI is InChI=1S/C14H19Cl2NO/c1-9(2)13-5-6-18-14(8-17-13)11-7-10(15)3-4-12(11)16/h3-4,7,9,13-14,17H,5-6,8H2,1-2H3. The minimum atomic E-state index is -0.0139. The Morgan fingerprint density at radius 1 is 1.33 bits per heavy atom. The van der Waals surface area contributed by atoms with Crippen molar-refractivity contribution in [2.24, 2.45) is 5.92 Å². The molecular formula is C14H19Cl2NO. The third kappa shape index (κ3) is 3.39. The summed E-state index contributed by atoms with van der Waals surface area (Å²) in [6.45, 7) is 5.99. The van der Waals surface area contributed by atoms with Gasteiger partial charge in [-0.1, -0.05) is 37.0 Å². The summed E-state index contributed by atoms with van der Waals surface area (Å²) in [4.78, 5) is 0. The van der Waals surface area contributed by atoms with Gasteiger partial charge in [0.1, 0.15) is 0 Å². The van der Waals surface area contributed by atoms with Crippen LogP contribution in [-0.4, -0.2) is 19.2 Å². The maximum absolute atomic E-state index is 6.22. The second kappa shape index (κ2) is 6.25. The Morgan fingerprint density at radius 3 is 2.83 bits per heavy atom. The van der Waals surface area contributed by atoms with Gasteiger partial charge in [-0.25, -0.2) is 0 Å². The van der Waals surface area contributed by atoms with E-state index < -0.39 is 0 Å². The van der Waals surface area contributed by atoms with E-state index in [-0.39, 0.29) is 6.10 Å². The molecule has 4 heteroatoms. The maximum atomic E-state index is 6.22. The van der Waals surface area contributed by atoms with E-state index in [1.807, 2.05) is 12.1 Å². The summed E-state index contributed by atoms with van der Waals surface area (Å²) < 4.78 is 5.90.